The van der Waals surface area contributed by atoms with Crippen molar-refractivity contribution in [2.45, 2.75) is 31.6 Å². The molecule has 2 amide bonds. The lowest BCUT2D eigenvalue weighted by atomic mass is 9.90. The molecule has 1 aromatic rings. The molecule has 0 unspecified atom stereocenters. The van der Waals surface area contributed by atoms with Crippen molar-refractivity contribution in [3.8, 4) is 0 Å². The Morgan fingerprint density at radius 3 is 2.57 bits per heavy atom. The predicted molar refractivity (Wildman–Crippen MR) is 78.1 cm³/mol. The van der Waals surface area contributed by atoms with Crippen LogP contribution in [-0.2, 0) is 4.79 Å². The predicted octanol–water partition coefficient (Wildman–Crippen LogP) is 1.84. The number of likely N-dealkylation sites (tertiary alicyclic amines) is 1. The number of carboxylic acids is 1. The van der Waals surface area contributed by atoms with Crippen LogP contribution in [0.1, 0.15) is 37.2 Å². The summed E-state index contributed by atoms with van der Waals surface area (Å²) in [7, 11) is 0. The second-order valence-corrected chi connectivity index (χ2v) is 5.27. The Morgan fingerprint density at radius 1 is 1.29 bits per heavy atom. The zero-order valence-electron chi connectivity index (χ0n) is 12.0. The number of carbonyl (C=O) groups is 2. The largest absolute Gasteiger partial charge is 0.481 e. The highest BCUT2D eigenvalue weighted by Crippen LogP contribution is 2.27. The normalized spacial score (nSPS) is 15.7. The number of nitrogens with one attached hydrogen (secondary N) is 1. The van der Waals surface area contributed by atoms with Crippen molar-refractivity contribution in [2.24, 2.45) is 0 Å². The van der Waals surface area contributed by atoms with Crippen molar-refractivity contribution in [2.75, 3.05) is 19.6 Å². The number of nitrogens with zero attached hydrogens (tertiary/aromatic N) is 2. The van der Waals surface area contributed by atoms with Crippen LogP contribution in [0.2, 0.25) is 0 Å². The highest BCUT2D eigenvalue weighted by molar-refractivity contribution is 5.74. The van der Waals surface area contributed by atoms with Gasteiger partial charge in [0.2, 0.25) is 0 Å². The molecule has 21 heavy (non-hydrogen) atoms. The maximum atomic E-state index is 11.9. The van der Waals surface area contributed by atoms with E-state index in [-0.39, 0.29) is 12.5 Å². The standard InChI is InChI=1S/C15H21N3O3/c19-14(20)2-1-7-17-15(21)18-10-5-13(6-11-18)12-3-8-16-9-4-12/h3-4,8-9,13H,1-2,5-7,10-11H2,(H,17,21)(H,19,20). The van der Waals surface area contributed by atoms with E-state index < -0.39 is 5.97 Å². The Bertz CT molecular complexity index is 470. The zero-order valence-corrected chi connectivity index (χ0v) is 12.0. The van der Waals surface area contributed by atoms with Gasteiger partial charge in [-0.1, -0.05) is 0 Å². The molecule has 0 aliphatic carbocycles. The van der Waals surface area contributed by atoms with E-state index in [0.717, 1.165) is 25.9 Å². The summed E-state index contributed by atoms with van der Waals surface area (Å²) in [5.74, 6) is -0.341. The van der Waals surface area contributed by atoms with E-state index in [1.165, 1.54) is 5.56 Å². The molecule has 1 fully saturated rings. The van der Waals surface area contributed by atoms with Crippen LogP contribution in [0.4, 0.5) is 4.79 Å². The Hall–Kier alpha value is -2.11. The van der Waals surface area contributed by atoms with E-state index in [1.807, 2.05) is 12.1 Å². The van der Waals surface area contributed by atoms with Crippen molar-refractivity contribution in [1.29, 1.82) is 0 Å². The third kappa shape index (κ3) is 4.73. The summed E-state index contributed by atoms with van der Waals surface area (Å²) < 4.78 is 0. The number of amides is 2. The van der Waals surface area contributed by atoms with Gasteiger partial charge in [-0.05, 0) is 42.9 Å². The quantitative estimate of drug-likeness (QED) is 0.811. The van der Waals surface area contributed by atoms with Gasteiger partial charge in [0.25, 0.3) is 0 Å². The Labute approximate surface area is 124 Å². The summed E-state index contributed by atoms with van der Waals surface area (Å²) in [4.78, 5) is 28.2. The maximum Gasteiger partial charge on any atom is 0.317 e. The SMILES string of the molecule is O=C(O)CCCNC(=O)N1CCC(c2ccncc2)CC1. The van der Waals surface area contributed by atoms with Gasteiger partial charge in [-0.2, -0.15) is 0 Å². The van der Waals surface area contributed by atoms with Gasteiger partial charge in [0.1, 0.15) is 0 Å². The second kappa shape index (κ2) is 7.61. The lowest BCUT2D eigenvalue weighted by Crippen LogP contribution is -2.44. The molecule has 2 rings (SSSR count). The monoisotopic (exact) mass is 291 g/mol. The third-order valence-electron chi connectivity index (χ3n) is 3.80. The minimum atomic E-state index is -0.831. The first-order valence-electron chi connectivity index (χ1n) is 7.31. The molecule has 0 atom stereocenters. The topological polar surface area (TPSA) is 82.5 Å². The number of hydrogen-bond acceptors (Lipinski definition) is 3. The van der Waals surface area contributed by atoms with Gasteiger partial charge in [0.05, 0.1) is 0 Å². The molecule has 0 saturated carbocycles. The highest BCUT2D eigenvalue weighted by Gasteiger charge is 2.23. The molecule has 6 heteroatoms. The van der Waals surface area contributed by atoms with E-state index in [4.69, 9.17) is 5.11 Å². The molecule has 0 radical (unpaired) electrons. The lowest BCUT2D eigenvalue weighted by molar-refractivity contribution is -0.137. The van der Waals surface area contributed by atoms with Crippen molar-refractivity contribution in [1.82, 2.24) is 15.2 Å². The zero-order chi connectivity index (χ0) is 15.1. The number of aliphatic carboxylic acids is 1. The fraction of sp³-hybridized carbons (Fsp3) is 0.533. The summed E-state index contributed by atoms with van der Waals surface area (Å²) >= 11 is 0. The smallest absolute Gasteiger partial charge is 0.317 e. The van der Waals surface area contributed by atoms with Gasteiger partial charge < -0.3 is 15.3 Å². The first-order valence-corrected chi connectivity index (χ1v) is 7.31. The summed E-state index contributed by atoms with van der Waals surface area (Å²) in [5, 5.41) is 11.3. The number of carboxylic acid groups (broad SMARTS) is 1. The van der Waals surface area contributed by atoms with Gasteiger partial charge in [-0.3, -0.25) is 9.78 Å². The maximum absolute atomic E-state index is 11.9. The third-order valence-corrected chi connectivity index (χ3v) is 3.80. The summed E-state index contributed by atoms with van der Waals surface area (Å²) in [6.07, 6.45) is 6.06. The van der Waals surface area contributed by atoms with Gasteiger partial charge in [0, 0.05) is 38.4 Å². The van der Waals surface area contributed by atoms with Crippen LogP contribution in [0.5, 0.6) is 0 Å². The van der Waals surface area contributed by atoms with Crippen molar-refractivity contribution in [3.63, 3.8) is 0 Å². The van der Waals surface area contributed by atoms with Gasteiger partial charge in [-0.15, -0.1) is 0 Å². The minimum Gasteiger partial charge on any atom is -0.481 e. The summed E-state index contributed by atoms with van der Waals surface area (Å²) in [6.45, 7) is 1.88. The number of pyridine rings is 1. The molecular weight excluding hydrogens is 270 g/mol. The van der Waals surface area contributed by atoms with E-state index in [9.17, 15) is 9.59 Å². The molecule has 2 N–H and O–H groups in total. The van der Waals surface area contributed by atoms with Crippen molar-refractivity contribution in [3.05, 3.63) is 30.1 Å². The molecule has 2 heterocycles. The average Bonchev–Trinajstić information content (AvgIpc) is 2.52. The number of aromatic nitrogens is 1. The van der Waals surface area contributed by atoms with E-state index in [1.54, 1.807) is 17.3 Å². The van der Waals surface area contributed by atoms with Crippen LogP contribution in [0.15, 0.2) is 24.5 Å². The first-order chi connectivity index (χ1) is 10.2. The summed E-state index contributed by atoms with van der Waals surface area (Å²) in [5.41, 5.74) is 1.28. The molecule has 114 valence electrons. The van der Waals surface area contributed by atoms with Crippen LogP contribution < -0.4 is 5.32 Å². The summed E-state index contributed by atoms with van der Waals surface area (Å²) in [6, 6.07) is 3.98. The lowest BCUT2D eigenvalue weighted by Gasteiger charge is -2.32. The van der Waals surface area contributed by atoms with Gasteiger partial charge in [-0.25, -0.2) is 4.79 Å². The molecule has 1 aliphatic rings. The highest BCUT2D eigenvalue weighted by atomic mass is 16.4. The van der Waals surface area contributed by atoms with Crippen LogP contribution in [0.25, 0.3) is 0 Å². The Morgan fingerprint density at radius 2 is 1.95 bits per heavy atom. The second-order valence-electron chi connectivity index (χ2n) is 5.27. The van der Waals surface area contributed by atoms with Crippen LogP contribution in [0, 0.1) is 0 Å². The Balaban J connectivity index is 1.71. The van der Waals surface area contributed by atoms with E-state index in [0.29, 0.717) is 18.9 Å². The number of rotatable bonds is 5. The molecule has 6 nitrogen and oxygen atoms in total. The molecule has 0 aromatic carbocycles. The van der Waals surface area contributed by atoms with Crippen LogP contribution in [0.3, 0.4) is 0 Å². The minimum absolute atomic E-state index is 0.0877. The van der Waals surface area contributed by atoms with Crippen LogP contribution in [-0.4, -0.2) is 46.6 Å². The first kappa shape index (κ1) is 15.3. The fourth-order valence-corrected chi connectivity index (χ4v) is 2.60. The Kier molecular flexibility index (Phi) is 5.54. The average molecular weight is 291 g/mol. The number of urea groups is 1. The van der Waals surface area contributed by atoms with Crippen LogP contribution >= 0.6 is 0 Å². The molecule has 1 saturated heterocycles. The molecular formula is C15H21N3O3. The molecule has 0 bridgehead atoms. The number of hydrogen-bond donors (Lipinski definition) is 2. The van der Waals surface area contributed by atoms with Crippen molar-refractivity contribution < 1.29 is 14.7 Å². The fourth-order valence-electron chi connectivity index (χ4n) is 2.60. The number of piperidine rings is 1. The number of carbonyl (C=O) groups excluding carboxylic acids is 1. The van der Waals surface area contributed by atoms with Gasteiger partial charge >= 0.3 is 12.0 Å². The van der Waals surface area contributed by atoms with Gasteiger partial charge in [0.15, 0.2) is 0 Å². The van der Waals surface area contributed by atoms with E-state index >= 15 is 0 Å². The molecule has 0 spiro atoms. The molecule has 1 aliphatic heterocycles. The van der Waals surface area contributed by atoms with Crippen molar-refractivity contribution >= 4 is 12.0 Å². The van der Waals surface area contributed by atoms with E-state index in [2.05, 4.69) is 10.3 Å². The molecule has 1 aromatic heterocycles.